The van der Waals surface area contributed by atoms with E-state index in [0.29, 0.717) is 5.69 Å². The maximum atomic E-state index is 13.0. The normalized spacial score (nSPS) is 21.3. The second-order valence-electron chi connectivity index (χ2n) is 10.8. The zero-order chi connectivity index (χ0) is 28.8. The van der Waals surface area contributed by atoms with Crippen molar-refractivity contribution in [3.8, 4) is 11.1 Å². The third-order valence-corrected chi connectivity index (χ3v) is 7.92. The summed E-state index contributed by atoms with van der Waals surface area (Å²) in [7, 11) is 1.33. The summed E-state index contributed by atoms with van der Waals surface area (Å²) in [6, 6.07) is 17.8. The topological polar surface area (TPSA) is 78.5 Å². The number of methoxy groups -OCH3 is 1. The predicted octanol–water partition coefficient (Wildman–Crippen LogP) is 6.93. The van der Waals surface area contributed by atoms with Crippen LogP contribution in [0.15, 0.2) is 66.9 Å². The molecular formula is C31H36F3N5O2. The van der Waals surface area contributed by atoms with Crippen LogP contribution in [0.4, 0.5) is 35.2 Å². The van der Waals surface area contributed by atoms with Crippen LogP contribution >= 0.6 is 0 Å². The van der Waals surface area contributed by atoms with Crippen molar-refractivity contribution >= 4 is 23.3 Å². The molecular weight excluding hydrogens is 531 g/mol. The minimum atomic E-state index is -4.33. The SMILES string of the molecule is COC(=O)Nc1cccc(-c2ccnc(N[C@@H]3CCCC[C@H]3N[C@H]3CCCN(c4ccc(C(F)(F)F)cc4)C3)c2)c1. The van der Waals surface area contributed by atoms with Crippen LogP contribution in [0.5, 0.6) is 0 Å². The Balaban J connectivity index is 1.23. The number of carbonyl (C=O) groups is 1. The van der Waals surface area contributed by atoms with Gasteiger partial charge < -0.3 is 20.3 Å². The predicted molar refractivity (Wildman–Crippen MR) is 155 cm³/mol. The lowest BCUT2D eigenvalue weighted by Crippen LogP contribution is -2.55. The Morgan fingerprint density at radius 2 is 1.71 bits per heavy atom. The van der Waals surface area contributed by atoms with Gasteiger partial charge in [0.05, 0.1) is 12.7 Å². The number of rotatable bonds is 7. The second kappa shape index (κ2) is 12.8. The van der Waals surface area contributed by atoms with Crippen molar-refractivity contribution < 1.29 is 22.7 Å². The second-order valence-corrected chi connectivity index (χ2v) is 10.8. The largest absolute Gasteiger partial charge is 0.453 e. The van der Waals surface area contributed by atoms with Crippen LogP contribution in [0, 0.1) is 0 Å². The van der Waals surface area contributed by atoms with Crippen LogP contribution in [0.1, 0.15) is 44.1 Å². The summed E-state index contributed by atoms with van der Waals surface area (Å²) >= 11 is 0. The van der Waals surface area contributed by atoms with Crippen LogP contribution in [-0.4, -0.2) is 49.4 Å². The average Bonchev–Trinajstić information content (AvgIpc) is 2.98. The van der Waals surface area contributed by atoms with Gasteiger partial charge in [0.2, 0.25) is 0 Å². The molecule has 1 aromatic heterocycles. The van der Waals surface area contributed by atoms with E-state index in [9.17, 15) is 18.0 Å². The van der Waals surface area contributed by atoms with Crippen LogP contribution in [0.2, 0.25) is 0 Å². The number of hydrogen-bond acceptors (Lipinski definition) is 6. The molecule has 0 spiro atoms. The van der Waals surface area contributed by atoms with Gasteiger partial charge in [0, 0.05) is 48.8 Å². The number of nitrogens with zero attached hydrogens (tertiary/aromatic N) is 2. The summed E-state index contributed by atoms with van der Waals surface area (Å²) in [5, 5.41) is 10.2. The molecule has 3 N–H and O–H groups in total. The van der Waals surface area contributed by atoms with Gasteiger partial charge in [0.15, 0.2) is 0 Å². The Morgan fingerprint density at radius 3 is 2.46 bits per heavy atom. The van der Waals surface area contributed by atoms with Crippen LogP contribution in [0.3, 0.4) is 0 Å². The highest BCUT2D eigenvalue weighted by Crippen LogP contribution is 2.32. The molecule has 3 atom stereocenters. The van der Waals surface area contributed by atoms with E-state index in [1.165, 1.54) is 19.2 Å². The molecule has 5 rings (SSSR count). The van der Waals surface area contributed by atoms with E-state index in [4.69, 9.17) is 4.74 Å². The van der Waals surface area contributed by atoms with Crippen molar-refractivity contribution in [1.29, 1.82) is 0 Å². The molecule has 1 aliphatic heterocycles. The molecule has 218 valence electrons. The molecule has 0 bridgehead atoms. The molecule has 0 radical (unpaired) electrons. The van der Waals surface area contributed by atoms with Crippen LogP contribution in [-0.2, 0) is 10.9 Å². The van der Waals surface area contributed by atoms with Gasteiger partial charge in [0.25, 0.3) is 0 Å². The number of pyridine rings is 1. The Labute approximate surface area is 238 Å². The van der Waals surface area contributed by atoms with Crippen molar-refractivity contribution in [3.05, 3.63) is 72.4 Å². The van der Waals surface area contributed by atoms with E-state index in [0.717, 1.165) is 74.2 Å². The number of nitrogens with one attached hydrogen (secondary N) is 3. The fourth-order valence-electron chi connectivity index (χ4n) is 5.84. The molecule has 1 aliphatic carbocycles. The van der Waals surface area contributed by atoms with Gasteiger partial charge in [-0.3, -0.25) is 5.32 Å². The van der Waals surface area contributed by atoms with Crippen LogP contribution < -0.4 is 20.9 Å². The highest BCUT2D eigenvalue weighted by molar-refractivity contribution is 5.85. The molecule has 7 nitrogen and oxygen atoms in total. The maximum absolute atomic E-state index is 13.0. The molecule has 1 saturated carbocycles. The first-order chi connectivity index (χ1) is 19.8. The van der Waals surface area contributed by atoms with Crippen molar-refractivity contribution in [2.45, 2.75) is 62.8 Å². The van der Waals surface area contributed by atoms with Gasteiger partial charge in [0.1, 0.15) is 5.82 Å². The van der Waals surface area contributed by atoms with Gasteiger partial charge in [-0.2, -0.15) is 13.2 Å². The number of piperidine rings is 1. The lowest BCUT2D eigenvalue weighted by Gasteiger charge is -2.40. The van der Waals surface area contributed by atoms with Gasteiger partial charge in [-0.05, 0) is 85.3 Å². The smallest absolute Gasteiger partial charge is 0.416 e. The number of amides is 1. The molecule has 2 fully saturated rings. The van der Waals surface area contributed by atoms with E-state index >= 15 is 0 Å². The van der Waals surface area contributed by atoms with Crippen molar-refractivity contribution in [3.63, 3.8) is 0 Å². The monoisotopic (exact) mass is 567 g/mol. The molecule has 2 aromatic carbocycles. The van der Waals surface area contributed by atoms with Gasteiger partial charge >= 0.3 is 12.3 Å². The number of ether oxygens (including phenoxy) is 1. The number of carbonyl (C=O) groups excluding carboxylic acids is 1. The lowest BCUT2D eigenvalue weighted by molar-refractivity contribution is -0.137. The summed E-state index contributed by atoms with van der Waals surface area (Å²) in [5.74, 6) is 0.794. The van der Waals surface area contributed by atoms with Gasteiger partial charge in [-0.25, -0.2) is 9.78 Å². The minimum Gasteiger partial charge on any atom is -0.453 e. The summed E-state index contributed by atoms with van der Waals surface area (Å²) < 4.78 is 43.7. The number of alkyl halides is 3. The summed E-state index contributed by atoms with van der Waals surface area (Å²) in [4.78, 5) is 18.4. The molecule has 1 amide bonds. The number of anilines is 3. The molecule has 3 aromatic rings. The number of hydrogen-bond donors (Lipinski definition) is 3. The summed E-state index contributed by atoms with van der Waals surface area (Å²) in [6.07, 6.45) is 3.32. The highest BCUT2D eigenvalue weighted by atomic mass is 19.4. The number of halogens is 3. The van der Waals surface area contributed by atoms with Crippen molar-refractivity contribution in [2.75, 3.05) is 35.7 Å². The molecule has 0 unspecified atom stereocenters. The molecule has 2 aliphatic rings. The molecule has 41 heavy (non-hydrogen) atoms. The zero-order valence-electron chi connectivity index (χ0n) is 23.1. The number of benzene rings is 2. The van der Waals surface area contributed by atoms with E-state index in [-0.39, 0.29) is 18.1 Å². The fourth-order valence-corrected chi connectivity index (χ4v) is 5.84. The highest BCUT2D eigenvalue weighted by Gasteiger charge is 2.32. The minimum absolute atomic E-state index is 0.209. The van der Waals surface area contributed by atoms with Crippen molar-refractivity contribution in [2.24, 2.45) is 0 Å². The lowest BCUT2D eigenvalue weighted by atomic mass is 9.89. The van der Waals surface area contributed by atoms with Gasteiger partial charge in [-0.15, -0.1) is 0 Å². The quantitative estimate of drug-likeness (QED) is 0.288. The maximum Gasteiger partial charge on any atom is 0.416 e. The van der Waals surface area contributed by atoms with Gasteiger partial charge in [-0.1, -0.05) is 25.0 Å². The summed E-state index contributed by atoms with van der Waals surface area (Å²) in [5.41, 5.74) is 2.79. The Morgan fingerprint density at radius 1 is 0.951 bits per heavy atom. The summed E-state index contributed by atoms with van der Waals surface area (Å²) in [6.45, 7) is 1.60. The van der Waals surface area contributed by atoms with Crippen LogP contribution in [0.25, 0.3) is 11.1 Å². The Bertz CT molecular complexity index is 1320. The first-order valence-electron chi connectivity index (χ1n) is 14.1. The molecule has 1 saturated heterocycles. The number of aromatic nitrogens is 1. The zero-order valence-corrected chi connectivity index (χ0v) is 23.1. The third kappa shape index (κ3) is 7.49. The third-order valence-electron chi connectivity index (χ3n) is 7.92. The Hall–Kier alpha value is -3.79. The Kier molecular flexibility index (Phi) is 8.97. The first-order valence-corrected chi connectivity index (χ1v) is 14.1. The first kappa shape index (κ1) is 28.7. The van der Waals surface area contributed by atoms with E-state index in [2.05, 4.69) is 25.8 Å². The molecule has 2 heterocycles. The van der Waals surface area contributed by atoms with E-state index < -0.39 is 17.8 Å². The van der Waals surface area contributed by atoms with Crippen molar-refractivity contribution in [1.82, 2.24) is 10.3 Å². The van der Waals surface area contributed by atoms with E-state index in [1.54, 1.807) is 18.3 Å². The van der Waals surface area contributed by atoms with E-state index in [1.807, 2.05) is 36.4 Å². The standard InChI is InChI=1S/C31H36F3N5O2/c1-41-30(40)37-24-7-4-6-21(18-24)22-15-16-35-29(19-22)38-28-10-3-2-9-27(28)36-25-8-5-17-39(20-25)26-13-11-23(12-14-26)31(32,33)34/h4,6-7,11-16,18-19,25,27-28,36H,2-3,5,8-10,17,20H2,1H3,(H,35,38)(H,37,40)/t25-,27+,28+/m0/s1. The molecule has 10 heteroatoms. The fraction of sp³-hybridized carbons (Fsp3) is 0.419. The average molecular weight is 568 g/mol.